The van der Waals surface area contributed by atoms with Gasteiger partial charge >= 0.3 is 6.18 Å². The number of aromatic nitrogens is 2. The molecule has 190 valence electrons. The zero-order chi connectivity index (χ0) is 25.9. The van der Waals surface area contributed by atoms with Gasteiger partial charge in [-0.05, 0) is 42.7 Å². The summed E-state index contributed by atoms with van der Waals surface area (Å²) in [5.41, 5.74) is -1.76. The summed E-state index contributed by atoms with van der Waals surface area (Å²) >= 11 is 0. The lowest BCUT2D eigenvalue weighted by Gasteiger charge is -2.48. The van der Waals surface area contributed by atoms with Crippen molar-refractivity contribution < 1.29 is 18.0 Å². The first-order chi connectivity index (χ1) is 17.2. The van der Waals surface area contributed by atoms with E-state index in [9.17, 15) is 18.0 Å². The molecule has 2 atom stereocenters. The van der Waals surface area contributed by atoms with Crippen LogP contribution in [0.4, 0.5) is 18.9 Å². The highest BCUT2D eigenvalue weighted by atomic mass is 19.4. The molecule has 2 aliphatic rings. The highest BCUT2D eigenvalue weighted by molar-refractivity contribution is 5.79. The van der Waals surface area contributed by atoms with E-state index in [1.54, 1.807) is 17.2 Å². The molecular weight excluding hydrogens is 467 g/mol. The molecule has 2 aromatic rings. The lowest BCUT2D eigenvalue weighted by atomic mass is 9.83. The number of piperazine rings is 1. The number of nitrogens with one attached hydrogen (secondary N) is 1. The predicted molar refractivity (Wildman–Crippen MR) is 133 cm³/mol. The van der Waals surface area contributed by atoms with Gasteiger partial charge in [-0.3, -0.25) is 9.69 Å². The van der Waals surface area contributed by atoms with Gasteiger partial charge in [0.15, 0.2) is 6.29 Å². The molecule has 1 aromatic carbocycles. The Bertz CT molecular complexity index is 1190. The van der Waals surface area contributed by atoms with E-state index >= 15 is 0 Å². The Balaban J connectivity index is 1.73. The van der Waals surface area contributed by atoms with Crippen LogP contribution in [0.5, 0.6) is 0 Å². The van der Waals surface area contributed by atoms with Crippen LogP contribution in [0.1, 0.15) is 42.0 Å². The number of hydrogen-bond donors (Lipinski definition) is 1. The Kier molecular flexibility index (Phi) is 7.27. The molecule has 1 saturated heterocycles. The quantitative estimate of drug-likeness (QED) is 0.454. The van der Waals surface area contributed by atoms with Crippen LogP contribution in [0.15, 0.2) is 55.0 Å². The van der Waals surface area contributed by atoms with E-state index in [1.165, 1.54) is 6.07 Å². The number of rotatable bonds is 7. The average Bonchev–Trinajstić information content (AvgIpc) is 3.35. The van der Waals surface area contributed by atoms with E-state index in [2.05, 4.69) is 29.8 Å². The van der Waals surface area contributed by atoms with Gasteiger partial charge in [0.2, 0.25) is 0 Å². The predicted octanol–water partition coefficient (Wildman–Crippen LogP) is 4.41. The van der Waals surface area contributed by atoms with Crippen LogP contribution in [0.3, 0.4) is 0 Å². The van der Waals surface area contributed by atoms with E-state index < -0.39 is 17.3 Å². The summed E-state index contributed by atoms with van der Waals surface area (Å²) in [7, 11) is 0. The lowest BCUT2D eigenvalue weighted by molar-refractivity contribution is -0.137. The van der Waals surface area contributed by atoms with E-state index in [1.807, 2.05) is 35.5 Å². The molecule has 2 unspecified atom stereocenters. The van der Waals surface area contributed by atoms with Gasteiger partial charge in [-0.25, -0.2) is 4.98 Å². The fourth-order valence-corrected chi connectivity index (χ4v) is 4.92. The van der Waals surface area contributed by atoms with Gasteiger partial charge in [-0.2, -0.15) is 13.2 Å². The topological polar surface area (TPSA) is 53.4 Å². The number of terminal acetylenes is 1. The SMILES string of the molecule is C#CN1C=CC=CC1(c1nccn1CCC(C)C)C1CN(c2ccc(C=O)c(C(F)(F)F)c2)CCN1. The molecule has 4 rings (SSSR count). The third kappa shape index (κ3) is 4.78. The standard InChI is InChI=1S/C27H30F3N5O/c1-4-35-13-6-5-10-26(35,25-32-12-15-33(25)14-9-20(2)3)24-18-34(16-11-31-24)22-8-7-21(19-36)23(17-22)27(28,29)30/h1,5-8,10,12-13,15,17,19-20,24,31H,9,11,14,16,18H2,2-3H3. The Morgan fingerprint density at radius 2 is 2.14 bits per heavy atom. The highest BCUT2D eigenvalue weighted by Crippen LogP contribution is 2.39. The van der Waals surface area contributed by atoms with E-state index in [-0.39, 0.29) is 17.9 Å². The molecule has 9 heteroatoms. The molecule has 0 amide bonds. The van der Waals surface area contributed by atoms with Gasteiger partial charge in [0, 0.05) is 62.1 Å². The van der Waals surface area contributed by atoms with Crippen molar-refractivity contribution in [2.24, 2.45) is 5.92 Å². The van der Waals surface area contributed by atoms with Crippen LogP contribution in [0, 0.1) is 18.4 Å². The Morgan fingerprint density at radius 1 is 1.33 bits per heavy atom. The monoisotopic (exact) mass is 497 g/mol. The third-order valence-electron chi connectivity index (χ3n) is 6.80. The molecule has 0 saturated carbocycles. The summed E-state index contributed by atoms with van der Waals surface area (Å²) in [6.45, 7) is 6.51. The number of imidazole rings is 1. The van der Waals surface area contributed by atoms with Crippen LogP contribution in [-0.2, 0) is 18.3 Å². The van der Waals surface area contributed by atoms with Crippen molar-refractivity contribution in [3.05, 3.63) is 72.0 Å². The molecule has 1 N–H and O–H groups in total. The van der Waals surface area contributed by atoms with Gasteiger partial charge in [0.05, 0.1) is 11.6 Å². The van der Waals surface area contributed by atoms with Crippen molar-refractivity contribution in [2.45, 2.75) is 44.6 Å². The van der Waals surface area contributed by atoms with Gasteiger partial charge in [-0.1, -0.05) is 26.3 Å². The number of nitrogens with zero attached hydrogens (tertiary/aromatic N) is 4. The van der Waals surface area contributed by atoms with Gasteiger partial charge in [0.25, 0.3) is 0 Å². The summed E-state index contributed by atoms with van der Waals surface area (Å²) in [6.07, 6.45) is 13.9. The number of anilines is 1. The first-order valence-corrected chi connectivity index (χ1v) is 12.0. The molecule has 0 radical (unpaired) electrons. The second-order valence-electron chi connectivity index (χ2n) is 9.49. The van der Waals surface area contributed by atoms with Crippen LogP contribution in [-0.4, -0.2) is 46.4 Å². The van der Waals surface area contributed by atoms with Gasteiger partial charge in [0.1, 0.15) is 11.4 Å². The average molecular weight is 498 g/mol. The Hall–Kier alpha value is -3.51. The number of halogens is 3. The van der Waals surface area contributed by atoms with Crippen molar-refractivity contribution >= 4 is 12.0 Å². The van der Waals surface area contributed by atoms with Crippen molar-refractivity contribution in [1.29, 1.82) is 0 Å². The number of aldehydes is 1. The molecule has 0 bridgehead atoms. The smallest absolute Gasteiger partial charge is 0.369 e. The zero-order valence-corrected chi connectivity index (χ0v) is 20.4. The molecular formula is C27H30F3N5O. The molecule has 0 spiro atoms. The van der Waals surface area contributed by atoms with Gasteiger partial charge in [-0.15, -0.1) is 0 Å². The van der Waals surface area contributed by atoms with Crippen molar-refractivity contribution in [3.8, 4) is 12.5 Å². The second-order valence-corrected chi connectivity index (χ2v) is 9.49. The minimum Gasteiger partial charge on any atom is -0.369 e. The fourth-order valence-electron chi connectivity index (χ4n) is 4.92. The van der Waals surface area contributed by atoms with Crippen molar-refractivity contribution in [2.75, 3.05) is 24.5 Å². The third-order valence-corrected chi connectivity index (χ3v) is 6.80. The van der Waals surface area contributed by atoms with Gasteiger partial charge < -0.3 is 14.8 Å². The zero-order valence-electron chi connectivity index (χ0n) is 20.4. The van der Waals surface area contributed by atoms with Crippen LogP contribution in [0.2, 0.25) is 0 Å². The maximum absolute atomic E-state index is 13.6. The molecule has 1 aromatic heterocycles. The summed E-state index contributed by atoms with van der Waals surface area (Å²) in [5.74, 6) is 1.27. The fraction of sp³-hybridized carbons (Fsp3) is 0.407. The summed E-state index contributed by atoms with van der Waals surface area (Å²) in [5, 5.41) is 3.55. The molecule has 1 fully saturated rings. The first kappa shape index (κ1) is 25.6. The molecule has 36 heavy (non-hydrogen) atoms. The molecule has 0 aliphatic carbocycles. The number of carbonyl (C=O) groups excluding carboxylic acids is 1. The molecule has 6 nitrogen and oxygen atoms in total. The van der Waals surface area contributed by atoms with Crippen molar-refractivity contribution in [1.82, 2.24) is 19.8 Å². The minimum absolute atomic E-state index is 0.239. The molecule has 2 aliphatic heterocycles. The summed E-state index contributed by atoms with van der Waals surface area (Å²) in [6, 6.07) is 6.32. The van der Waals surface area contributed by atoms with E-state index in [4.69, 9.17) is 11.4 Å². The number of benzene rings is 1. The minimum atomic E-state index is -4.63. The number of carbonyl (C=O) groups is 1. The number of aryl methyl sites for hydroxylation is 1. The largest absolute Gasteiger partial charge is 0.417 e. The van der Waals surface area contributed by atoms with Crippen LogP contribution in [0.25, 0.3) is 0 Å². The summed E-state index contributed by atoms with van der Waals surface area (Å²) in [4.78, 5) is 19.6. The summed E-state index contributed by atoms with van der Waals surface area (Å²) < 4.78 is 43.0. The van der Waals surface area contributed by atoms with Crippen molar-refractivity contribution in [3.63, 3.8) is 0 Å². The maximum Gasteiger partial charge on any atom is 0.417 e. The Labute approximate surface area is 209 Å². The maximum atomic E-state index is 13.6. The highest BCUT2D eigenvalue weighted by Gasteiger charge is 2.48. The normalized spacial score (nSPS) is 22.2. The van der Waals surface area contributed by atoms with Crippen LogP contribution >= 0.6 is 0 Å². The van der Waals surface area contributed by atoms with E-state index in [0.717, 1.165) is 24.9 Å². The van der Waals surface area contributed by atoms with Crippen LogP contribution < -0.4 is 10.2 Å². The second kappa shape index (κ2) is 10.2. The Morgan fingerprint density at radius 3 is 2.83 bits per heavy atom. The van der Waals surface area contributed by atoms with E-state index in [0.29, 0.717) is 31.2 Å². The lowest BCUT2D eigenvalue weighted by Crippen LogP contribution is -2.64. The number of allylic oxidation sites excluding steroid dienone is 2. The molecule has 3 heterocycles. The number of hydrogen-bond acceptors (Lipinski definition) is 5. The first-order valence-electron chi connectivity index (χ1n) is 12.0. The number of alkyl halides is 3.